The van der Waals surface area contributed by atoms with E-state index in [9.17, 15) is 18.0 Å². The molecule has 2 unspecified atom stereocenters. The summed E-state index contributed by atoms with van der Waals surface area (Å²) in [4.78, 5) is 21.4. The molecular formula is C23H25ClF3N5O3S. The Kier molecular flexibility index (Phi) is 8.18. The number of fused-ring (bicyclic) bond motifs is 1. The van der Waals surface area contributed by atoms with Crippen molar-refractivity contribution in [2.45, 2.75) is 19.5 Å². The Balaban J connectivity index is 0.000000286. The van der Waals surface area contributed by atoms with Gasteiger partial charge < -0.3 is 19.7 Å². The van der Waals surface area contributed by atoms with Gasteiger partial charge in [0.05, 0.1) is 6.33 Å². The van der Waals surface area contributed by atoms with Gasteiger partial charge in [0.15, 0.2) is 10.2 Å². The number of hydrogen-bond donors (Lipinski definition) is 2. The van der Waals surface area contributed by atoms with Crippen LogP contribution in [0, 0.1) is 17.8 Å². The van der Waals surface area contributed by atoms with Crippen LogP contribution in [0.15, 0.2) is 43.0 Å². The van der Waals surface area contributed by atoms with Crippen LogP contribution in [-0.4, -0.2) is 56.5 Å². The minimum absolute atomic E-state index is 0.0810. The summed E-state index contributed by atoms with van der Waals surface area (Å²) in [6.07, 6.45) is 0.0757. The monoisotopic (exact) mass is 543 g/mol. The van der Waals surface area contributed by atoms with Gasteiger partial charge in [-0.2, -0.15) is 0 Å². The van der Waals surface area contributed by atoms with Crippen molar-refractivity contribution in [3.8, 4) is 5.75 Å². The molecule has 0 radical (unpaired) electrons. The third-order valence-electron chi connectivity index (χ3n) is 6.12. The summed E-state index contributed by atoms with van der Waals surface area (Å²) in [5, 5.41) is 11.7. The third kappa shape index (κ3) is 7.42. The highest BCUT2D eigenvalue weighted by Crippen LogP contribution is 2.51. The maximum absolute atomic E-state index is 12.3. The van der Waals surface area contributed by atoms with Crippen LogP contribution in [0.4, 0.5) is 13.2 Å². The quantitative estimate of drug-likeness (QED) is 0.438. The van der Waals surface area contributed by atoms with Gasteiger partial charge in [-0.1, -0.05) is 23.7 Å². The lowest BCUT2D eigenvalue weighted by atomic mass is 10.2. The van der Waals surface area contributed by atoms with E-state index in [1.165, 1.54) is 40.9 Å². The number of nitrogens with zero attached hydrogens (tertiary/aromatic N) is 4. The van der Waals surface area contributed by atoms with E-state index in [2.05, 4.69) is 24.9 Å². The van der Waals surface area contributed by atoms with Gasteiger partial charge in [-0.05, 0) is 42.0 Å². The summed E-state index contributed by atoms with van der Waals surface area (Å²) in [5.41, 5.74) is 0.865. The number of aromatic carboxylic acids is 1. The molecule has 1 aliphatic carbocycles. The van der Waals surface area contributed by atoms with Crippen LogP contribution in [0.3, 0.4) is 0 Å². The van der Waals surface area contributed by atoms with Crippen LogP contribution in [-0.2, 0) is 20.1 Å². The second-order valence-electron chi connectivity index (χ2n) is 8.82. The summed E-state index contributed by atoms with van der Waals surface area (Å²) in [7, 11) is 1.72. The van der Waals surface area contributed by atoms with E-state index in [1.54, 1.807) is 23.7 Å². The van der Waals surface area contributed by atoms with Crippen molar-refractivity contribution < 1.29 is 27.8 Å². The zero-order valence-electron chi connectivity index (χ0n) is 19.3. The lowest BCUT2D eigenvalue weighted by Crippen LogP contribution is -2.27. The molecule has 13 heteroatoms. The number of ether oxygens (including phenoxy) is 1. The van der Waals surface area contributed by atoms with Crippen molar-refractivity contribution in [2.24, 2.45) is 24.8 Å². The van der Waals surface area contributed by atoms with Crippen molar-refractivity contribution in [1.82, 2.24) is 24.8 Å². The second kappa shape index (κ2) is 11.2. The second-order valence-corrected chi connectivity index (χ2v) is 10.5. The van der Waals surface area contributed by atoms with Gasteiger partial charge in [-0.25, -0.2) is 14.8 Å². The van der Waals surface area contributed by atoms with Crippen molar-refractivity contribution in [3.05, 3.63) is 63.6 Å². The number of carboxylic acid groups (broad SMARTS) is 1. The van der Waals surface area contributed by atoms with Gasteiger partial charge in [-0.3, -0.25) is 4.90 Å². The molecule has 2 fully saturated rings. The number of hydrogen-bond acceptors (Lipinski definition) is 7. The molecule has 0 amide bonds. The Hall–Kier alpha value is -2.67. The lowest BCUT2D eigenvalue weighted by Gasteiger charge is -2.18. The number of thiazole rings is 1. The zero-order valence-corrected chi connectivity index (χ0v) is 20.9. The summed E-state index contributed by atoms with van der Waals surface area (Å²) in [6.45, 7) is 4.50. The summed E-state index contributed by atoms with van der Waals surface area (Å²) in [6, 6.07) is 6.11. The number of benzene rings is 1. The molecule has 2 N–H and O–H groups in total. The Bertz CT molecular complexity index is 1180. The molecule has 0 bridgehead atoms. The van der Waals surface area contributed by atoms with Crippen molar-refractivity contribution in [1.29, 1.82) is 0 Å². The van der Waals surface area contributed by atoms with E-state index in [1.807, 2.05) is 6.20 Å². The van der Waals surface area contributed by atoms with E-state index in [-0.39, 0.29) is 11.4 Å². The van der Waals surface area contributed by atoms with Gasteiger partial charge in [0.2, 0.25) is 0 Å². The first-order chi connectivity index (χ1) is 17.1. The third-order valence-corrected chi connectivity index (χ3v) is 7.22. The summed E-state index contributed by atoms with van der Waals surface area (Å²) >= 11 is 7.40. The molecule has 1 aliphatic heterocycles. The number of aromatic nitrogens is 3. The number of carbonyl (C=O) groups is 1. The van der Waals surface area contributed by atoms with Crippen molar-refractivity contribution >= 4 is 28.9 Å². The maximum Gasteiger partial charge on any atom is 0.573 e. The molecule has 1 aromatic carbocycles. The highest BCUT2D eigenvalue weighted by atomic mass is 35.5. The fraction of sp³-hybridized carbons (Fsp3) is 0.435. The predicted molar refractivity (Wildman–Crippen MR) is 128 cm³/mol. The fourth-order valence-electron chi connectivity index (χ4n) is 4.50. The standard InChI is InChI=1S/C18H19ClF3N3OS.C5H6N2O2/c19-17-24-6-13(27-17)8-25-9-15-14(16(15)10-25)7-23-5-11-2-1-3-12(4-11)26-18(20,21)22;1-7-2-4(5(8)9)6-3-7/h1-4,6,14-16,23H,5,7-10H2;2-3H,1H3,(H,8,9). The zero-order chi connectivity index (χ0) is 25.9. The van der Waals surface area contributed by atoms with Crippen LogP contribution in [0.5, 0.6) is 5.75 Å². The number of piperidine rings is 1. The van der Waals surface area contributed by atoms with Gasteiger partial charge >= 0.3 is 12.3 Å². The smallest absolute Gasteiger partial charge is 0.476 e. The Labute approximate surface area is 214 Å². The molecule has 1 saturated carbocycles. The number of nitrogens with one attached hydrogen (secondary N) is 1. The van der Waals surface area contributed by atoms with Gasteiger partial charge in [0.1, 0.15) is 5.75 Å². The SMILES string of the molecule is Cn1cnc(C(=O)O)c1.FC(F)(F)Oc1cccc(CNCC2C3CN(Cc4cnc(Cl)s4)CC23)c1. The first-order valence-electron chi connectivity index (χ1n) is 11.2. The molecule has 2 atom stereocenters. The first kappa shape index (κ1) is 26.4. The number of imidazole rings is 1. The molecule has 5 rings (SSSR count). The van der Waals surface area contributed by atoms with Crippen LogP contribution < -0.4 is 10.1 Å². The Morgan fingerprint density at radius 3 is 2.61 bits per heavy atom. The molecular weight excluding hydrogens is 519 g/mol. The van der Waals surface area contributed by atoms with E-state index in [0.29, 0.717) is 28.8 Å². The summed E-state index contributed by atoms with van der Waals surface area (Å²) < 4.78 is 43.0. The first-order valence-corrected chi connectivity index (χ1v) is 12.4. The van der Waals surface area contributed by atoms with E-state index >= 15 is 0 Å². The molecule has 8 nitrogen and oxygen atoms in total. The molecule has 3 heterocycles. The average molecular weight is 544 g/mol. The largest absolute Gasteiger partial charge is 0.573 e. The van der Waals surface area contributed by atoms with Crippen molar-refractivity contribution in [3.63, 3.8) is 0 Å². The van der Waals surface area contributed by atoms with Gasteiger partial charge in [0.25, 0.3) is 0 Å². The number of halogens is 4. The number of alkyl halides is 3. The predicted octanol–water partition coefficient (Wildman–Crippen LogP) is 4.28. The van der Waals surface area contributed by atoms with E-state index < -0.39 is 12.3 Å². The molecule has 0 spiro atoms. The fourth-order valence-corrected chi connectivity index (χ4v) is 5.53. The number of aryl methyl sites for hydroxylation is 1. The van der Waals surface area contributed by atoms with Gasteiger partial charge in [0, 0.05) is 50.5 Å². The summed E-state index contributed by atoms with van der Waals surface area (Å²) in [5.74, 6) is 0.905. The molecule has 2 aromatic heterocycles. The molecule has 2 aliphatic rings. The lowest BCUT2D eigenvalue weighted by molar-refractivity contribution is -0.274. The Morgan fingerprint density at radius 1 is 1.31 bits per heavy atom. The molecule has 194 valence electrons. The highest BCUT2D eigenvalue weighted by Gasteiger charge is 2.54. The number of rotatable bonds is 8. The van der Waals surface area contributed by atoms with Gasteiger partial charge in [-0.15, -0.1) is 24.5 Å². The number of carboxylic acids is 1. The van der Waals surface area contributed by atoms with Crippen LogP contribution in [0.25, 0.3) is 0 Å². The molecule has 36 heavy (non-hydrogen) atoms. The minimum Gasteiger partial charge on any atom is -0.476 e. The van der Waals surface area contributed by atoms with Crippen LogP contribution in [0.1, 0.15) is 20.9 Å². The molecule has 1 saturated heterocycles. The normalized spacial score (nSPS) is 21.0. The maximum atomic E-state index is 12.3. The van der Waals surface area contributed by atoms with E-state index in [4.69, 9.17) is 16.7 Å². The average Bonchev–Trinajstić information content (AvgIpc) is 3.22. The topological polar surface area (TPSA) is 92.5 Å². The van der Waals surface area contributed by atoms with E-state index in [0.717, 1.165) is 31.7 Å². The van der Waals surface area contributed by atoms with Crippen LogP contribution >= 0.6 is 22.9 Å². The van der Waals surface area contributed by atoms with Crippen LogP contribution in [0.2, 0.25) is 4.47 Å². The number of likely N-dealkylation sites (tertiary alicyclic amines) is 1. The Morgan fingerprint density at radius 2 is 2.06 bits per heavy atom. The van der Waals surface area contributed by atoms with Crippen molar-refractivity contribution in [2.75, 3.05) is 19.6 Å². The molecule has 3 aromatic rings. The minimum atomic E-state index is -4.66. The highest BCUT2D eigenvalue weighted by molar-refractivity contribution is 7.15.